The molecular weight excluding hydrogens is 283 g/mol. The van der Waals surface area contributed by atoms with E-state index in [2.05, 4.69) is 10.6 Å². The van der Waals surface area contributed by atoms with Crippen LogP contribution in [0.5, 0.6) is 0 Å². The van der Waals surface area contributed by atoms with E-state index < -0.39 is 11.9 Å². The minimum absolute atomic E-state index is 0.0122. The maximum atomic E-state index is 13.7. The Hall–Kier alpha value is -2.01. The first kappa shape index (κ1) is 14.4. The molecule has 106 valence electrons. The first-order valence-corrected chi connectivity index (χ1v) is 6.46. The molecule has 0 aliphatic heterocycles. The summed E-state index contributed by atoms with van der Waals surface area (Å²) in [6, 6.07) is 7.49. The van der Waals surface area contributed by atoms with Gasteiger partial charge in [0.2, 0.25) is 5.91 Å². The zero-order valence-electron chi connectivity index (χ0n) is 10.8. The molecule has 20 heavy (non-hydrogen) atoms. The van der Waals surface area contributed by atoms with Crippen molar-refractivity contribution in [2.24, 2.45) is 0 Å². The number of benzene rings is 1. The number of nitrogens with one attached hydrogen (secondary N) is 2. The van der Waals surface area contributed by atoms with E-state index in [1.807, 2.05) is 0 Å². The van der Waals surface area contributed by atoms with E-state index in [1.165, 1.54) is 18.4 Å². The predicted octanol–water partition coefficient (Wildman–Crippen LogP) is 3.19. The van der Waals surface area contributed by atoms with Gasteiger partial charge in [0.05, 0.1) is 23.5 Å². The fourth-order valence-electron chi connectivity index (χ4n) is 1.65. The highest BCUT2D eigenvalue weighted by Crippen LogP contribution is 2.22. The van der Waals surface area contributed by atoms with Crippen molar-refractivity contribution in [3.05, 3.63) is 53.2 Å². The van der Waals surface area contributed by atoms with Gasteiger partial charge in [0.15, 0.2) is 5.82 Å². The quantitative estimate of drug-likeness (QED) is 0.891. The van der Waals surface area contributed by atoms with Gasteiger partial charge in [-0.05, 0) is 31.2 Å². The Morgan fingerprint density at radius 3 is 2.90 bits per heavy atom. The van der Waals surface area contributed by atoms with E-state index in [0.29, 0.717) is 5.76 Å². The summed E-state index contributed by atoms with van der Waals surface area (Å²) in [5.74, 6) is -0.180. The monoisotopic (exact) mass is 296 g/mol. The van der Waals surface area contributed by atoms with E-state index in [9.17, 15) is 9.18 Å². The van der Waals surface area contributed by atoms with Crippen LogP contribution in [0, 0.1) is 5.82 Å². The Morgan fingerprint density at radius 1 is 1.40 bits per heavy atom. The molecule has 2 rings (SSSR count). The smallest absolute Gasteiger partial charge is 0.242 e. The summed E-state index contributed by atoms with van der Waals surface area (Å²) < 4.78 is 18.8. The third kappa shape index (κ3) is 3.51. The highest BCUT2D eigenvalue weighted by Gasteiger charge is 2.15. The van der Waals surface area contributed by atoms with Crippen LogP contribution in [0.1, 0.15) is 12.7 Å². The first-order valence-electron chi connectivity index (χ1n) is 6.08. The number of rotatable bonds is 5. The van der Waals surface area contributed by atoms with Crippen LogP contribution >= 0.6 is 11.6 Å². The van der Waals surface area contributed by atoms with Crippen LogP contribution in [-0.4, -0.2) is 11.9 Å². The zero-order valence-corrected chi connectivity index (χ0v) is 11.6. The minimum Gasteiger partial charge on any atom is -0.467 e. The van der Waals surface area contributed by atoms with Gasteiger partial charge in [-0.3, -0.25) is 4.79 Å². The van der Waals surface area contributed by atoms with Gasteiger partial charge >= 0.3 is 0 Å². The Morgan fingerprint density at radius 2 is 2.20 bits per heavy atom. The van der Waals surface area contributed by atoms with Crippen LogP contribution in [0.2, 0.25) is 5.02 Å². The number of carbonyl (C=O) groups excluding carboxylic acids is 1. The van der Waals surface area contributed by atoms with Gasteiger partial charge in [-0.15, -0.1) is 0 Å². The number of furan rings is 1. The lowest BCUT2D eigenvalue weighted by Gasteiger charge is -2.15. The van der Waals surface area contributed by atoms with Crippen molar-refractivity contribution in [1.29, 1.82) is 0 Å². The van der Waals surface area contributed by atoms with Gasteiger partial charge < -0.3 is 15.1 Å². The maximum absolute atomic E-state index is 13.7. The fraction of sp³-hybridized carbons (Fsp3) is 0.214. The van der Waals surface area contributed by atoms with Gasteiger partial charge in [-0.25, -0.2) is 4.39 Å². The average molecular weight is 297 g/mol. The molecule has 2 aromatic rings. The van der Waals surface area contributed by atoms with Gasteiger partial charge in [0.1, 0.15) is 11.8 Å². The molecule has 0 bridgehead atoms. The molecule has 1 aromatic carbocycles. The molecule has 0 aliphatic rings. The van der Waals surface area contributed by atoms with E-state index in [-0.39, 0.29) is 23.2 Å². The fourth-order valence-corrected chi connectivity index (χ4v) is 1.83. The summed E-state index contributed by atoms with van der Waals surface area (Å²) in [7, 11) is 0. The molecule has 0 saturated heterocycles. The second-order valence-electron chi connectivity index (χ2n) is 4.26. The lowest BCUT2D eigenvalue weighted by atomic mass is 10.2. The van der Waals surface area contributed by atoms with E-state index in [0.717, 1.165) is 0 Å². The summed E-state index contributed by atoms with van der Waals surface area (Å²) in [6.07, 6.45) is 1.53. The Balaban J connectivity index is 1.92. The van der Waals surface area contributed by atoms with Crippen LogP contribution in [0.3, 0.4) is 0 Å². The topological polar surface area (TPSA) is 54.3 Å². The highest BCUT2D eigenvalue weighted by molar-refractivity contribution is 6.31. The van der Waals surface area contributed by atoms with Crippen LogP contribution in [0.15, 0.2) is 41.0 Å². The number of hydrogen-bond acceptors (Lipinski definition) is 3. The van der Waals surface area contributed by atoms with Gasteiger partial charge in [0, 0.05) is 0 Å². The summed E-state index contributed by atoms with van der Waals surface area (Å²) in [5, 5.41) is 5.48. The molecule has 2 N–H and O–H groups in total. The Bertz CT molecular complexity index is 587. The van der Waals surface area contributed by atoms with Crippen molar-refractivity contribution in [2.45, 2.75) is 19.5 Å². The normalized spacial score (nSPS) is 11.9. The number of hydrogen-bond donors (Lipinski definition) is 2. The average Bonchev–Trinajstić information content (AvgIpc) is 2.94. The molecule has 1 atom stereocenters. The van der Waals surface area contributed by atoms with E-state index in [1.54, 1.807) is 25.1 Å². The molecule has 0 spiro atoms. The van der Waals surface area contributed by atoms with Crippen LogP contribution in [-0.2, 0) is 11.3 Å². The van der Waals surface area contributed by atoms with Gasteiger partial charge in [-0.2, -0.15) is 0 Å². The van der Waals surface area contributed by atoms with Crippen molar-refractivity contribution in [2.75, 3.05) is 5.32 Å². The van der Waals surface area contributed by atoms with E-state index >= 15 is 0 Å². The molecule has 1 aromatic heterocycles. The second-order valence-corrected chi connectivity index (χ2v) is 4.67. The molecule has 0 aliphatic carbocycles. The molecule has 0 radical (unpaired) electrons. The Labute approximate surface area is 120 Å². The molecular formula is C14H14ClFN2O2. The third-order valence-electron chi connectivity index (χ3n) is 2.73. The molecule has 0 saturated carbocycles. The number of carbonyl (C=O) groups is 1. The largest absolute Gasteiger partial charge is 0.467 e. The lowest BCUT2D eigenvalue weighted by Crippen LogP contribution is -2.37. The molecule has 0 fully saturated rings. The standard InChI is InChI=1S/C14H14ClFN2O2/c1-9(14(19)17-8-10-4-3-7-20-10)18-12-6-2-5-11(15)13(12)16/h2-7,9,18H,8H2,1H3,(H,17,19). The lowest BCUT2D eigenvalue weighted by molar-refractivity contribution is -0.121. The van der Waals surface area contributed by atoms with Crippen LogP contribution in [0.4, 0.5) is 10.1 Å². The zero-order chi connectivity index (χ0) is 14.5. The summed E-state index contributed by atoms with van der Waals surface area (Å²) in [6.45, 7) is 1.92. The summed E-state index contributed by atoms with van der Waals surface area (Å²) >= 11 is 5.68. The Kier molecular flexibility index (Phi) is 4.63. The number of anilines is 1. The van der Waals surface area contributed by atoms with Crippen LogP contribution < -0.4 is 10.6 Å². The molecule has 4 nitrogen and oxygen atoms in total. The number of amides is 1. The molecule has 1 unspecified atom stereocenters. The maximum Gasteiger partial charge on any atom is 0.242 e. The van der Waals surface area contributed by atoms with Crippen molar-refractivity contribution in [3.63, 3.8) is 0 Å². The van der Waals surface area contributed by atoms with Crippen molar-refractivity contribution < 1.29 is 13.6 Å². The second kappa shape index (κ2) is 6.43. The van der Waals surface area contributed by atoms with Crippen molar-refractivity contribution in [3.8, 4) is 0 Å². The predicted molar refractivity (Wildman–Crippen MR) is 75.0 cm³/mol. The molecule has 6 heteroatoms. The highest BCUT2D eigenvalue weighted by atomic mass is 35.5. The van der Waals surface area contributed by atoms with Crippen molar-refractivity contribution >= 4 is 23.2 Å². The van der Waals surface area contributed by atoms with E-state index in [4.69, 9.17) is 16.0 Å². The molecule has 1 heterocycles. The summed E-state index contributed by atoms with van der Waals surface area (Å²) in [4.78, 5) is 11.9. The van der Waals surface area contributed by atoms with Crippen LogP contribution in [0.25, 0.3) is 0 Å². The minimum atomic E-state index is -0.599. The third-order valence-corrected chi connectivity index (χ3v) is 3.03. The van der Waals surface area contributed by atoms with Crippen molar-refractivity contribution in [1.82, 2.24) is 5.32 Å². The number of halogens is 2. The molecule has 1 amide bonds. The summed E-state index contributed by atoms with van der Waals surface area (Å²) in [5.41, 5.74) is 0.193. The van der Waals surface area contributed by atoms with Gasteiger partial charge in [-0.1, -0.05) is 17.7 Å². The first-order chi connectivity index (χ1) is 9.58. The SMILES string of the molecule is CC(Nc1cccc(Cl)c1F)C(=O)NCc1ccco1. The van der Waals surface area contributed by atoms with Gasteiger partial charge in [0.25, 0.3) is 0 Å².